The molecule has 0 atom stereocenters. The van der Waals surface area contributed by atoms with E-state index in [0.29, 0.717) is 44.5 Å². The molecule has 4 aromatic carbocycles. The van der Waals surface area contributed by atoms with Crippen molar-refractivity contribution in [2.24, 2.45) is 0 Å². The zero-order valence-corrected chi connectivity index (χ0v) is 30.2. The molecular weight excluding hydrogens is 648 g/mol. The lowest BCUT2D eigenvalue weighted by Crippen LogP contribution is -2.31. The monoisotopic (exact) mass is 694 g/mol. The van der Waals surface area contributed by atoms with Gasteiger partial charge in [-0.05, 0) is 77.6 Å². The summed E-state index contributed by atoms with van der Waals surface area (Å²) in [4.78, 5) is 51.2. The van der Waals surface area contributed by atoms with Crippen molar-refractivity contribution in [1.29, 1.82) is 0 Å². The van der Waals surface area contributed by atoms with Gasteiger partial charge < -0.3 is 25.2 Å². The molecule has 0 unspecified atom stereocenters. The van der Waals surface area contributed by atoms with E-state index in [1.54, 1.807) is 97.1 Å². The van der Waals surface area contributed by atoms with Crippen LogP contribution in [0.25, 0.3) is 0 Å². The normalized spacial score (nSPS) is 12.7. The Hall–Kier alpha value is -4.64. The zero-order valence-electron chi connectivity index (χ0n) is 30.2. The number of hydrogen-bond donors (Lipinski definition) is 4. The van der Waals surface area contributed by atoms with E-state index in [-0.39, 0.29) is 0 Å². The molecule has 0 radical (unpaired) electrons. The van der Waals surface area contributed by atoms with Gasteiger partial charge >= 0.3 is 0 Å². The largest absolute Gasteiger partial charge is 0.382 e. The molecule has 4 aromatic rings. The highest BCUT2D eigenvalue weighted by atomic mass is 16.5. The summed E-state index contributed by atoms with van der Waals surface area (Å²) in [5, 5.41) is 41.2. The Balaban J connectivity index is 1.86. The molecule has 0 bridgehead atoms. The average Bonchev–Trinajstić information content (AvgIpc) is 3.06. The van der Waals surface area contributed by atoms with E-state index in [0.717, 1.165) is 0 Å². The SMILES string of the molecule is CC(C)(O)C(=O)c1ccc(C(OC(c2ccc(C(=O)C(C)(C)O)cc2)c2ccc(C(=O)C(C)(C)O)cc2)c2ccc(C(=O)C(C)(C)O)cc2)cc1. The fraction of sp³-hybridized carbons (Fsp3) is 0.333. The van der Waals surface area contributed by atoms with Gasteiger partial charge in [-0.1, -0.05) is 97.1 Å². The van der Waals surface area contributed by atoms with E-state index >= 15 is 0 Å². The quantitative estimate of drug-likeness (QED) is 0.110. The maximum Gasteiger partial charge on any atom is 0.193 e. The molecule has 0 aliphatic heterocycles. The summed E-state index contributed by atoms with van der Waals surface area (Å²) in [5.74, 6) is -1.83. The maximum absolute atomic E-state index is 12.8. The predicted molar refractivity (Wildman–Crippen MR) is 193 cm³/mol. The number of ketones is 4. The maximum atomic E-state index is 12.8. The Morgan fingerprint density at radius 1 is 0.373 bits per heavy atom. The molecule has 0 fully saturated rings. The second-order valence-corrected chi connectivity index (χ2v) is 14.9. The van der Waals surface area contributed by atoms with Crippen LogP contribution in [0.2, 0.25) is 0 Å². The first-order valence-electron chi connectivity index (χ1n) is 16.6. The number of Topliss-reactive ketones (excluding diaryl/α,β-unsaturated/α-hetero) is 4. The van der Waals surface area contributed by atoms with E-state index in [2.05, 4.69) is 0 Å². The van der Waals surface area contributed by atoms with Gasteiger partial charge in [0.15, 0.2) is 23.1 Å². The minimum Gasteiger partial charge on any atom is -0.382 e. The molecule has 0 spiro atoms. The second-order valence-electron chi connectivity index (χ2n) is 14.9. The zero-order chi connectivity index (χ0) is 38.1. The summed E-state index contributed by atoms with van der Waals surface area (Å²) in [6.45, 7) is 11.3. The van der Waals surface area contributed by atoms with Crippen molar-refractivity contribution in [2.45, 2.75) is 90.0 Å². The lowest BCUT2D eigenvalue weighted by atomic mass is 9.91. The van der Waals surface area contributed by atoms with Crippen LogP contribution in [0.5, 0.6) is 0 Å². The summed E-state index contributed by atoms with van der Waals surface area (Å²) in [6.07, 6.45) is -1.61. The van der Waals surface area contributed by atoms with Crippen molar-refractivity contribution in [3.05, 3.63) is 142 Å². The topological polar surface area (TPSA) is 158 Å². The van der Waals surface area contributed by atoms with Crippen molar-refractivity contribution < 1.29 is 44.3 Å². The molecule has 0 saturated heterocycles. The van der Waals surface area contributed by atoms with Gasteiger partial charge in [0, 0.05) is 22.3 Å². The van der Waals surface area contributed by atoms with Crippen LogP contribution in [0.4, 0.5) is 0 Å². The third-order valence-electron chi connectivity index (χ3n) is 8.40. The van der Waals surface area contributed by atoms with E-state index in [1.165, 1.54) is 55.4 Å². The van der Waals surface area contributed by atoms with Gasteiger partial charge in [0.1, 0.15) is 34.6 Å². The van der Waals surface area contributed by atoms with Gasteiger partial charge in [0.05, 0.1) is 0 Å². The molecule has 0 aromatic heterocycles. The number of rotatable bonds is 14. The van der Waals surface area contributed by atoms with Crippen molar-refractivity contribution in [3.63, 3.8) is 0 Å². The van der Waals surface area contributed by atoms with Gasteiger partial charge in [-0.3, -0.25) is 19.2 Å². The summed E-state index contributed by atoms with van der Waals surface area (Å²) in [6, 6.07) is 26.5. The molecule has 0 heterocycles. The van der Waals surface area contributed by atoms with Crippen LogP contribution in [0, 0.1) is 0 Å². The number of carbonyl (C=O) groups is 4. The highest BCUT2D eigenvalue weighted by molar-refractivity contribution is 6.03. The highest BCUT2D eigenvalue weighted by Gasteiger charge is 2.31. The summed E-state index contributed by atoms with van der Waals surface area (Å²) >= 11 is 0. The molecule has 51 heavy (non-hydrogen) atoms. The fourth-order valence-electron chi connectivity index (χ4n) is 5.49. The highest BCUT2D eigenvalue weighted by Crippen LogP contribution is 2.37. The molecule has 0 amide bonds. The van der Waals surface area contributed by atoms with Crippen LogP contribution in [0.15, 0.2) is 97.1 Å². The predicted octanol–water partition coefficient (Wildman–Crippen LogP) is 6.40. The van der Waals surface area contributed by atoms with Crippen LogP contribution in [0.1, 0.15) is 131 Å². The first-order chi connectivity index (χ1) is 23.5. The number of ether oxygens (including phenoxy) is 1. The Labute approximate surface area is 298 Å². The Morgan fingerprint density at radius 3 is 0.667 bits per heavy atom. The van der Waals surface area contributed by atoms with Gasteiger partial charge in [-0.25, -0.2) is 0 Å². The minimum absolute atomic E-state index is 0.298. The summed E-state index contributed by atoms with van der Waals surface area (Å²) in [7, 11) is 0. The first-order valence-corrected chi connectivity index (χ1v) is 16.6. The molecule has 0 aliphatic rings. The molecule has 9 nitrogen and oxygen atoms in total. The summed E-state index contributed by atoms with van der Waals surface area (Å²) in [5.41, 5.74) is -2.59. The van der Waals surface area contributed by atoms with Gasteiger partial charge in [-0.15, -0.1) is 0 Å². The molecule has 0 aliphatic carbocycles. The molecule has 268 valence electrons. The van der Waals surface area contributed by atoms with Crippen LogP contribution in [-0.2, 0) is 4.74 Å². The third-order valence-corrected chi connectivity index (χ3v) is 8.40. The van der Waals surface area contributed by atoms with Crippen molar-refractivity contribution in [2.75, 3.05) is 0 Å². The van der Waals surface area contributed by atoms with E-state index in [4.69, 9.17) is 4.74 Å². The minimum atomic E-state index is -1.58. The smallest absolute Gasteiger partial charge is 0.193 e. The van der Waals surface area contributed by atoms with Crippen LogP contribution in [0.3, 0.4) is 0 Å². The molecule has 9 heteroatoms. The number of aliphatic hydroxyl groups is 4. The molecular formula is C42H46O9. The number of carbonyl (C=O) groups excluding carboxylic acids is 4. The van der Waals surface area contributed by atoms with Gasteiger partial charge in [0.2, 0.25) is 0 Å². The van der Waals surface area contributed by atoms with Crippen molar-refractivity contribution in [1.82, 2.24) is 0 Å². The lowest BCUT2D eigenvalue weighted by Gasteiger charge is -2.28. The van der Waals surface area contributed by atoms with Crippen LogP contribution < -0.4 is 0 Å². The van der Waals surface area contributed by atoms with Crippen molar-refractivity contribution >= 4 is 23.1 Å². The third kappa shape index (κ3) is 9.38. The Kier molecular flexibility index (Phi) is 11.2. The van der Waals surface area contributed by atoms with Crippen LogP contribution in [-0.4, -0.2) is 66.0 Å². The molecule has 4 rings (SSSR count). The van der Waals surface area contributed by atoms with Crippen LogP contribution >= 0.6 is 0 Å². The van der Waals surface area contributed by atoms with E-state index < -0.39 is 57.7 Å². The Bertz CT molecular complexity index is 1600. The number of benzene rings is 4. The summed E-state index contributed by atoms with van der Waals surface area (Å²) < 4.78 is 6.93. The molecule has 0 saturated carbocycles. The molecule has 4 N–H and O–H groups in total. The lowest BCUT2D eigenvalue weighted by molar-refractivity contribution is 0.0306. The van der Waals surface area contributed by atoms with Crippen molar-refractivity contribution in [3.8, 4) is 0 Å². The average molecular weight is 695 g/mol. The first kappa shape index (κ1) is 39.2. The van der Waals surface area contributed by atoms with Gasteiger partial charge in [0.25, 0.3) is 0 Å². The Morgan fingerprint density at radius 2 is 0.529 bits per heavy atom. The standard InChI is InChI=1S/C42H46O9/c1-39(2,47)35(43)29-17-9-25(10-18-29)33(26-11-19-30(20-12-26)36(44)40(3,4)48)51-34(27-13-21-31(22-14-27)37(45)41(5,6)49)28-15-23-32(24-16-28)38(46)42(7,8)50/h9-24,33-34,47-50H,1-8H3. The van der Waals surface area contributed by atoms with E-state index in [9.17, 15) is 39.6 Å². The fourth-order valence-corrected chi connectivity index (χ4v) is 5.49. The number of hydrogen-bond acceptors (Lipinski definition) is 9. The van der Waals surface area contributed by atoms with E-state index in [1.807, 2.05) is 0 Å². The van der Waals surface area contributed by atoms with Gasteiger partial charge in [-0.2, -0.15) is 0 Å². The second kappa shape index (κ2) is 14.5.